The van der Waals surface area contributed by atoms with Gasteiger partial charge in [0.2, 0.25) is 0 Å². The third-order valence-corrected chi connectivity index (χ3v) is 6.02. The van der Waals surface area contributed by atoms with Gasteiger partial charge in [0.1, 0.15) is 5.82 Å². The van der Waals surface area contributed by atoms with Crippen molar-refractivity contribution in [2.75, 3.05) is 17.2 Å². The van der Waals surface area contributed by atoms with E-state index in [2.05, 4.69) is 25.9 Å². The lowest BCUT2D eigenvalue weighted by atomic mass is 9.84. The van der Waals surface area contributed by atoms with E-state index in [0.717, 1.165) is 17.7 Å². The third-order valence-electron chi connectivity index (χ3n) is 4.27. The van der Waals surface area contributed by atoms with Gasteiger partial charge in [0, 0.05) is 11.0 Å². The van der Waals surface area contributed by atoms with E-state index in [1.807, 2.05) is 6.92 Å². The second-order valence-electron chi connectivity index (χ2n) is 6.10. The molecule has 5 nitrogen and oxygen atoms in total. The van der Waals surface area contributed by atoms with Crippen LogP contribution >= 0.6 is 0 Å². The molecule has 1 aromatic heterocycles. The van der Waals surface area contributed by atoms with Gasteiger partial charge in [0.25, 0.3) is 0 Å². The lowest BCUT2D eigenvalue weighted by Gasteiger charge is -2.21. The maximum Gasteiger partial charge on any atom is 0.152 e. The molecule has 0 aromatic carbocycles. The van der Waals surface area contributed by atoms with Crippen LogP contribution in [0.2, 0.25) is 0 Å². The second-order valence-corrected chi connectivity index (χ2v) is 8.33. The van der Waals surface area contributed by atoms with Crippen molar-refractivity contribution in [3.05, 3.63) is 11.3 Å². The monoisotopic (exact) mass is 285 g/mol. The Morgan fingerprint density at radius 2 is 2.11 bits per heavy atom. The predicted molar refractivity (Wildman–Crippen MR) is 77.0 cm³/mol. The van der Waals surface area contributed by atoms with Crippen molar-refractivity contribution >= 4 is 15.7 Å². The van der Waals surface area contributed by atoms with Crippen molar-refractivity contribution in [2.24, 2.45) is 0 Å². The van der Waals surface area contributed by atoms with Crippen LogP contribution in [0.3, 0.4) is 0 Å². The molecule has 0 bridgehead atoms. The number of hydrogen-bond donors (Lipinski definition) is 1. The van der Waals surface area contributed by atoms with Crippen molar-refractivity contribution in [3.63, 3.8) is 0 Å². The predicted octanol–water partition coefficient (Wildman–Crippen LogP) is 1.82. The van der Waals surface area contributed by atoms with Gasteiger partial charge in [-0.15, -0.1) is 0 Å². The molecular weight excluding hydrogens is 262 g/mol. The summed E-state index contributed by atoms with van der Waals surface area (Å²) >= 11 is 0. The van der Waals surface area contributed by atoms with Gasteiger partial charge in [-0.25, -0.2) is 13.1 Å². The fourth-order valence-electron chi connectivity index (χ4n) is 2.59. The molecule has 2 heterocycles. The summed E-state index contributed by atoms with van der Waals surface area (Å²) in [5, 5.41) is 4.63. The Bertz CT molecular complexity index is 587. The summed E-state index contributed by atoms with van der Waals surface area (Å²) in [6.45, 7) is 8.36. The number of hydrogen-bond acceptors (Lipinski definition) is 4. The van der Waals surface area contributed by atoms with Crippen molar-refractivity contribution in [1.82, 2.24) is 9.78 Å². The Morgan fingerprint density at radius 1 is 1.47 bits per heavy atom. The van der Waals surface area contributed by atoms with E-state index in [-0.39, 0.29) is 23.0 Å². The molecule has 1 aromatic rings. The first-order valence-electron chi connectivity index (χ1n) is 6.73. The Hall–Kier alpha value is -1.04. The first-order valence-corrected chi connectivity index (χ1v) is 8.55. The smallest absolute Gasteiger partial charge is 0.152 e. The summed E-state index contributed by atoms with van der Waals surface area (Å²) in [6, 6.07) is -0.106. The number of anilines is 1. The number of nitrogens with two attached hydrogens (primary N) is 1. The van der Waals surface area contributed by atoms with Crippen LogP contribution in [0.15, 0.2) is 0 Å². The number of aromatic nitrogens is 2. The second kappa shape index (κ2) is 4.51. The molecule has 1 unspecified atom stereocenters. The van der Waals surface area contributed by atoms with Crippen molar-refractivity contribution < 1.29 is 8.42 Å². The van der Waals surface area contributed by atoms with Crippen LogP contribution in [0.4, 0.5) is 5.82 Å². The molecule has 19 heavy (non-hydrogen) atoms. The SMILES string of the molecule is CCC(C)(C)c1nn(C2CCS(=O)(=O)C2)c(N)c1C. The van der Waals surface area contributed by atoms with Crippen molar-refractivity contribution in [3.8, 4) is 0 Å². The average Bonchev–Trinajstić information content (AvgIpc) is 2.82. The van der Waals surface area contributed by atoms with Crippen LogP contribution in [-0.4, -0.2) is 29.7 Å². The maximum absolute atomic E-state index is 11.6. The minimum absolute atomic E-state index is 0.0407. The van der Waals surface area contributed by atoms with E-state index in [0.29, 0.717) is 12.2 Å². The van der Waals surface area contributed by atoms with Gasteiger partial charge in [0.15, 0.2) is 9.84 Å². The molecule has 1 fully saturated rings. The molecule has 0 amide bonds. The number of nitrogens with zero attached hydrogens (tertiary/aromatic N) is 2. The zero-order valence-corrected chi connectivity index (χ0v) is 12.9. The molecule has 0 spiro atoms. The van der Waals surface area contributed by atoms with E-state index < -0.39 is 9.84 Å². The van der Waals surface area contributed by atoms with Gasteiger partial charge in [-0.05, 0) is 19.8 Å². The molecule has 6 heteroatoms. The van der Waals surface area contributed by atoms with Crippen LogP contribution in [0, 0.1) is 6.92 Å². The summed E-state index contributed by atoms with van der Waals surface area (Å²) < 4.78 is 24.9. The summed E-state index contributed by atoms with van der Waals surface area (Å²) in [5.74, 6) is 1.01. The van der Waals surface area contributed by atoms with E-state index >= 15 is 0 Å². The first kappa shape index (κ1) is 14.4. The van der Waals surface area contributed by atoms with Crippen LogP contribution in [-0.2, 0) is 15.3 Å². The highest BCUT2D eigenvalue weighted by Gasteiger charge is 2.33. The number of sulfone groups is 1. The molecule has 1 atom stereocenters. The molecule has 2 N–H and O–H groups in total. The van der Waals surface area contributed by atoms with Gasteiger partial charge >= 0.3 is 0 Å². The van der Waals surface area contributed by atoms with Crippen molar-refractivity contribution in [2.45, 2.75) is 52.0 Å². The normalized spacial score (nSPS) is 22.8. The van der Waals surface area contributed by atoms with Crippen LogP contribution < -0.4 is 5.73 Å². The molecule has 1 aliphatic heterocycles. The van der Waals surface area contributed by atoms with Gasteiger partial charge in [-0.2, -0.15) is 5.10 Å². The zero-order chi connectivity index (χ0) is 14.4. The van der Waals surface area contributed by atoms with Gasteiger partial charge in [-0.3, -0.25) is 0 Å². The molecule has 0 saturated carbocycles. The molecule has 2 rings (SSSR count). The highest BCUT2D eigenvalue weighted by molar-refractivity contribution is 7.91. The lowest BCUT2D eigenvalue weighted by Crippen LogP contribution is -2.19. The molecule has 1 saturated heterocycles. The quantitative estimate of drug-likeness (QED) is 0.919. The van der Waals surface area contributed by atoms with Crippen LogP contribution in [0.5, 0.6) is 0 Å². The summed E-state index contributed by atoms with van der Waals surface area (Å²) in [7, 11) is -2.92. The number of rotatable bonds is 3. The molecular formula is C13H23N3O2S. The van der Waals surface area contributed by atoms with Gasteiger partial charge < -0.3 is 5.73 Å². The largest absolute Gasteiger partial charge is 0.384 e. The molecule has 0 aliphatic carbocycles. The Balaban J connectivity index is 2.42. The summed E-state index contributed by atoms with van der Waals surface area (Å²) in [5.41, 5.74) is 8.05. The highest BCUT2D eigenvalue weighted by Crippen LogP contribution is 2.34. The van der Waals surface area contributed by atoms with Gasteiger partial charge in [-0.1, -0.05) is 20.8 Å². The van der Waals surface area contributed by atoms with E-state index in [1.54, 1.807) is 4.68 Å². The minimum atomic E-state index is -2.92. The van der Waals surface area contributed by atoms with E-state index in [1.165, 1.54) is 0 Å². The van der Waals surface area contributed by atoms with E-state index in [4.69, 9.17) is 5.73 Å². The number of nitrogen functional groups attached to an aromatic ring is 1. The molecule has 108 valence electrons. The first-order chi connectivity index (χ1) is 8.68. The Morgan fingerprint density at radius 3 is 2.58 bits per heavy atom. The minimum Gasteiger partial charge on any atom is -0.384 e. The van der Waals surface area contributed by atoms with Crippen LogP contribution in [0.25, 0.3) is 0 Å². The van der Waals surface area contributed by atoms with Gasteiger partial charge in [0.05, 0.1) is 23.2 Å². The Kier molecular flexibility index (Phi) is 3.41. The summed E-state index contributed by atoms with van der Waals surface area (Å²) in [6.07, 6.45) is 1.58. The summed E-state index contributed by atoms with van der Waals surface area (Å²) in [4.78, 5) is 0. The standard InChI is InChI=1S/C13H23N3O2S/c1-5-13(3,4)11-9(2)12(14)16(15-11)10-6-7-19(17,18)8-10/h10H,5-8,14H2,1-4H3. The van der Waals surface area contributed by atoms with Crippen molar-refractivity contribution in [1.29, 1.82) is 0 Å². The lowest BCUT2D eigenvalue weighted by molar-refractivity contribution is 0.451. The Labute approximate surface area is 115 Å². The topological polar surface area (TPSA) is 78.0 Å². The van der Waals surface area contributed by atoms with E-state index in [9.17, 15) is 8.42 Å². The third kappa shape index (κ3) is 2.50. The average molecular weight is 285 g/mol. The maximum atomic E-state index is 11.6. The fraction of sp³-hybridized carbons (Fsp3) is 0.769. The fourth-order valence-corrected chi connectivity index (χ4v) is 4.28. The highest BCUT2D eigenvalue weighted by atomic mass is 32.2. The molecule has 0 radical (unpaired) electrons. The molecule has 1 aliphatic rings. The van der Waals surface area contributed by atoms with Crippen LogP contribution in [0.1, 0.15) is 50.9 Å². The zero-order valence-electron chi connectivity index (χ0n) is 12.1.